The van der Waals surface area contributed by atoms with Crippen LogP contribution in [0.15, 0.2) is 107 Å². The number of likely N-dealkylation sites (tertiary alicyclic amines) is 1. The second kappa shape index (κ2) is 16.7. The van der Waals surface area contributed by atoms with Crippen molar-refractivity contribution in [2.45, 2.75) is 39.5 Å². The number of fused-ring (bicyclic) bond motifs is 2. The molecule has 2 aliphatic rings. The number of para-hydroxylation sites is 2. The van der Waals surface area contributed by atoms with Crippen LogP contribution in [0.1, 0.15) is 31.9 Å². The van der Waals surface area contributed by atoms with Gasteiger partial charge in [0, 0.05) is 38.0 Å². The van der Waals surface area contributed by atoms with Gasteiger partial charge in [-0.15, -0.1) is 12.4 Å². The molecule has 0 saturated carbocycles. The quantitative estimate of drug-likeness (QED) is 0.156. The minimum Gasteiger partial charge on any atom is -0.491 e. The molecule has 6 aromatic rings. The average Bonchev–Trinajstić information content (AvgIpc) is 3.59. The fourth-order valence-electron chi connectivity index (χ4n) is 6.43. The molecule has 2 fully saturated rings. The predicted molar refractivity (Wildman–Crippen MR) is 212 cm³/mol. The lowest BCUT2D eigenvalue weighted by Crippen LogP contribution is -2.53. The van der Waals surface area contributed by atoms with Crippen molar-refractivity contribution in [2.75, 3.05) is 39.4 Å². The number of rotatable bonds is 10. The molecule has 4 aromatic carbocycles. The third kappa shape index (κ3) is 9.00. The number of imidazole rings is 2. The van der Waals surface area contributed by atoms with Crippen LogP contribution in [-0.4, -0.2) is 75.1 Å². The Hall–Kier alpha value is -5.46. The van der Waals surface area contributed by atoms with Crippen molar-refractivity contribution in [3.05, 3.63) is 129 Å². The molecule has 2 aromatic heterocycles. The zero-order valence-corrected chi connectivity index (χ0v) is 31.6. The van der Waals surface area contributed by atoms with Crippen LogP contribution < -0.4 is 26.2 Å². The molecule has 2 saturated heterocycles. The molecular formula is C41H47ClN6O6. The molecule has 0 bridgehead atoms. The van der Waals surface area contributed by atoms with Gasteiger partial charge < -0.3 is 34.4 Å². The van der Waals surface area contributed by atoms with Crippen LogP contribution >= 0.6 is 12.4 Å². The van der Waals surface area contributed by atoms with Crippen LogP contribution in [0, 0.1) is 11.8 Å². The summed E-state index contributed by atoms with van der Waals surface area (Å²) in [6, 6.07) is 31.3. The molecule has 0 unspecified atom stereocenters. The van der Waals surface area contributed by atoms with Gasteiger partial charge in [-0.3, -0.25) is 9.13 Å². The van der Waals surface area contributed by atoms with Crippen molar-refractivity contribution in [3.8, 4) is 11.5 Å². The maximum Gasteiger partial charge on any atom is 0.410 e. The number of carbonyl (C=O) groups is 1. The van der Waals surface area contributed by atoms with E-state index in [9.17, 15) is 14.4 Å². The van der Waals surface area contributed by atoms with Crippen molar-refractivity contribution in [1.29, 1.82) is 0 Å². The maximum atomic E-state index is 12.5. The SMILES string of the molecule is CC(C)(C)OC(=O)N1CC(COc2cccc3c2[nH]c(=O)n3Cc2ccccc2)C1.Cl.O=c1[nH]c2c(OCC3CNC3)cccc2n1Cc1ccccc1. The van der Waals surface area contributed by atoms with E-state index in [1.165, 1.54) is 0 Å². The highest BCUT2D eigenvalue weighted by molar-refractivity contribution is 5.85. The number of ether oxygens (including phenoxy) is 3. The molecule has 13 heteroatoms. The molecule has 0 atom stereocenters. The minimum absolute atomic E-state index is 0. The van der Waals surface area contributed by atoms with E-state index in [1.807, 2.05) is 118 Å². The Morgan fingerprint density at radius 2 is 1.13 bits per heavy atom. The summed E-state index contributed by atoms with van der Waals surface area (Å²) in [4.78, 5) is 44.5. The summed E-state index contributed by atoms with van der Waals surface area (Å²) in [6.07, 6.45) is -0.289. The molecular weight excluding hydrogens is 708 g/mol. The number of hydrogen-bond donors (Lipinski definition) is 3. The van der Waals surface area contributed by atoms with E-state index in [-0.39, 0.29) is 35.8 Å². The van der Waals surface area contributed by atoms with Crippen LogP contribution in [0.25, 0.3) is 22.1 Å². The first kappa shape index (κ1) is 38.3. The number of nitrogens with zero attached hydrogens (tertiary/aromatic N) is 3. The fraction of sp³-hybridized carbons (Fsp3) is 0.341. The van der Waals surface area contributed by atoms with Gasteiger partial charge >= 0.3 is 17.5 Å². The summed E-state index contributed by atoms with van der Waals surface area (Å²) >= 11 is 0. The van der Waals surface area contributed by atoms with Gasteiger partial charge in [0.1, 0.15) is 28.1 Å². The number of halogens is 1. The van der Waals surface area contributed by atoms with E-state index in [2.05, 4.69) is 15.3 Å². The van der Waals surface area contributed by atoms with Gasteiger partial charge in [-0.2, -0.15) is 0 Å². The van der Waals surface area contributed by atoms with Crippen molar-refractivity contribution in [2.24, 2.45) is 11.8 Å². The number of benzene rings is 4. The number of H-pyrrole nitrogens is 2. The summed E-state index contributed by atoms with van der Waals surface area (Å²) in [6.45, 7) is 11.0. The largest absolute Gasteiger partial charge is 0.491 e. The van der Waals surface area contributed by atoms with Gasteiger partial charge in [-0.25, -0.2) is 14.4 Å². The first-order valence-electron chi connectivity index (χ1n) is 18.1. The Bertz CT molecular complexity index is 2280. The van der Waals surface area contributed by atoms with Gasteiger partial charge in [0.15, 0.2) is 0 Å². The zero-order chi connectivity index (χ0) is 37.0. The lowest BCUT2D eigenvalue weighted by molar-refractivity contribution is -0.00774. The van der Waals surface area contributed by atoms with Gasteiger partial charge in [0.2, 0.25) is 0 Å². The molecule has 1 amide bonds. The van der Waals surface area contributed by atoms with Crippen molar-refractivity contribution < 1.29 is 19.0 Å². The molecule has 4 heterocycles. The molecule has 0 aliphatic carbocycles. The monoisotopic (exact) mass is 754 g/mol. The third-order valence-electron chi connectivity index (χ3n) is 9.34. The number of aromatic nitrogens is 4. The smallest absolute Gasteiger partial charge is 0.410 e. The first-order valence-corrected chi connectivity index (χ1v) is 18.1. The zero-order valence-electron chi connectivity index (χ0n) is 30.7. The fourth-order valence-corrected chi connectivity index (χ4v) is 6.43. The van der Waals surface area contributed by atoms with Gasteiger partial charge in [0.25, 0.3) is 0 Å². The second-order valence-electron chi connectivity index (χ2n) is 14.7. The highest BCUT2D eigenvalue weighted by atomic mass is 35.5. The molecule has 2 aliphatic heterocycles. The minimum atomic E-state index is -0.493. The summed E-state index contributed by atoms with van der Waals surface area (Å²) in [5, 5.41) is 3.23. The number of nitrogens with one attached hydrogen (secondary N) is 3. The number of hydrogen-bond acceptors (Lipinski definition) is 7. The van der Waals surface area contributed by atoms with Gasteiger partial charge in [0.05, 0.1) is 37.3 Å². The standard InChI is InChI=1S/C23H27N3O4.C18H19N3O2.ClH/c1-23(2,3)30-22(28)25-12-17(13-25)15-29-19-11-7-10-18-20(19)24-21(27)26(18)14-16-8-5-4-6-9-16;22-18-20-17-15(21(18)11-13-5-2-1-3-6-13)7-4-8-16(17)23-12-14-9-19-10-14;/h4-11,17H,12-15H2,1-3H3,(H,24,27);1-8,14,19H,9-12H2,(H,20,22);1H. The molecule has 12 nitrogen and oxygen atoms in total. The highest BCUT2D eigenvalue weighted by Gasteiger charge is 2.34. The Balaban J connectivity index is 0.000000187. The predicted octanol–water partition coefficient (Wildman–Crippen LogP) is 6.02. The molecule has 8 rings (SSSR count). The Labute approximate surface area is 319 Å². The van der Waals surface area contributed by atoms with Crippen LogP contribution in [-0.2, 0) is 17.8 Å². The Morgan fingerprint density at radius 3 is 1.56 bits per heavy atom. The number of amides is 1. The van der Waals surface area contributed by atoms with Crippen LogP contribution in [0.5, 0.6) is 11.5 Å². The van der Waals surface area contributed by atoms with Crippen molar-refractivity contribution in [1.82, 2.24) is 29.3 Å². The van der Waals surface area contributed by atoms with Crippen LogP contribution in [0.2, 0.25) is 0 Å². The summed E-state index contributed by atoms with van der Waals surface area (Å²) in [5.41, 5.74) is 4.56. The summed E-state index contributed by atoms with van der Waals surface area (Å²) in [7, 11) is 0. The van der Waals surface area contributed by atoms with E-state index in [1.54, 1.807) is 14.0 Å². The van der Waals surface area contributed by atoms with Crippen molar-refractivity contribution in [3.63, 3.8) is 0 Å². The van der Waals surface area contributed by atoms with E-state index in [0.29, 0.717) is 56.6 Å². The Morgan fingerprint density at radius 1 is 0.667 bits per heavy atom. The van der Waals surface area contributed by atoms with Gasteiger partial charge in [-0.1, -0.05) is 72.8 Å². The average molecular weight is 755 g/mol. The molecule has 54 heavy (non-hydrogen) atoms. The van der Waals surface area contributed by atoms with E-state index in [4.69, 9.17) is 14.2 Å². The summed E-state index contributed by atoms with van der Waals surface area (Å²) < 4.78 is 20.8. The highest BCUT2D eigenvalue weighted by Crippen LogP contribution is 2.27. The van der Waals surface area contributed by atoms with Crippen molar-refractivity contribution >= 4 is 40.6 Å². The van der Waals surface area contributed by atoms with E-state index in [0.717, 1.165) is 46.5 Å². The molecule has 284 valence electrons. The normalized spacial score (nSPS) is 14.4. The third-order valence-corrected chi connectivity index (χ3v) is 9.34. The number of carbonyl (C=O) groups excluding carboxylic acids is 1. The molecule has 0 radical (unpaired) electrons. The summed E-state index contributed by atoms with van der Waals surface area (Å²) in [5.74, 6) is 2.19. The van der Waals surface area contributed by atoms with Crippen LogP contribution in [0.3, 0.4) is 0 Å². The molecule has 3 N–H and O–H groups in total. The lowest BCUT2D eigenvalue weighted by atomic mass is 10.0. The second-order valence-corrected chi connectivity index (χ2v) is 14.7. The number of aromatic amines is 2. The lowest BCUT2D eigenvalue weighted by Gasteiger charge is -2.39. The molecule has 0 spiro atoms. The van der Waals surface area contributed by atoms with E-state index < -0.39 is 5.60 Å². The first-order chi connectivity index (χ1) is 25.6. The topological polar surface area (TPSA) is 136 Å². The Kier molecular flexibility index (Phi) is 11.8. The maximum absolute atomic E-state index is 12.5. The van der Waals surface area contributed by atoms with Crippen LogP contribution in [0.4, 0.5) is 4.79 Å². The van der Waals surface area contributed by atoms with Gasteiger partial charge in [-0.05, 0) is 56.2 Å². The van der Waals surface area contributed by atoms with E-state index >= 15 is 0 Å².